The molecule has 8 heteroatoms. The van der Waals surface area contributed by atoms with Gasteiger partial charge in [-0.05, 0) is 23.8 Å². The van der Waals surface area contributed by atoms with Crippen molar-refractivity contribution in [1.82, 2.24) is 25.3 Å². The second-order valence-corrected chi connectivity index (χ2v) is 8.47. The number of halogens is 1. The fraction of sp³-hybridized carbons (Fsp3) is 0.250. The van der Waals surface area contributed by atoms with Crippen LogP contribution in [0.3, 0.4) is 0 Å². The van der Waals surface area contributed by atoms with Gasteiger partial charge in [-0.1, -0.05) is 55.8 Å². The molecule has 2 heterocycles. The molecule has 0 bridgehead atoms. The molecule has 164 valence electrons. The Morgan fingerprint density at radius 3 is 2.59 bits per heavy atom. The van der Waals surface area contributed by atoms with E-state index in [9.17, 15) is 9.59 Å². The number of carbonyl (C=O) groups is 1. The van der Waals surface area contributed by atoms with Crippen molar-refractivity contribution >= 4 is 28.5 Å². The van der Waals surface area contributed by atoms with Gasteiger partial charge in [0.15, 0.2) is 0 Å². The summed E-state index contributed by atoms with van der Waals surface area (Å²) in [5.41, 5.74) is 2.91. The van der Waals surface area contributed by atoms with E-state index < -0.39 is 0 Å². The second-order valence-electron chi connectivity index (χ2n) is 8.03. The van der Waals surface area contributed by atoms with E-state index in [2.05, 4.69) is 25.3 Å². The van der Waals surface area contributed by atoms with Crippen LogP contribution in [0.4, 0.5) is 0 Å². The van der Waals surface area contributed by atoms with Crippen molar-refractivity contribution in [2.45, 2.75) is 38.6 Å². The Morgan fingerprint density at radius 2 is 1.84 bits per heavy atom. The van der Waals surface area contributed by atoms with Gasteiger partial charge in [-0.3, -0.25) is 9.59 Å². The van der Waals surface area contributed by atoms with E-state index in [0.29, 0.717) is 28.8 Å². The van der Waals surface area contributed by atoms with Gasteiger partial charge < -0.3 is 15.3 Å². The lowest BCUT2D eigenvalue weighted by atomic mass is 10.0. The molecular weight excluding hydrogens is 426 g/mol. The average molecular weight is 450 g/mol. The zero-order chi connectivity index (χ0) is 22.7. The molecule has 4 aromatic rings. The molecule has 0 aliphatic carbocycles. The zero-order valence-electron chi connectivity index (χ0n) is 17.9. The first-order valence-electron chi connectivity index (χ1n) is 10.5. The molecule has 32 heavy (non-hydrogen) atoms. The molecule has 0 saturated carbocycles. The van der Waals surface area contributed by atoms with E-state index in [4.69, 9.17) is 11.6 Å². The molecule has 4 rings (SSSR count). The normalized spacial score (nSPS) is 12.2. The van der Waals surface area contributed by atoms with Crippen LogP contribution in [-0.4, -0.2) is 25.8 Å². The Bertz CT molecular complexity index is 1300. The minimum absolute atomic E-state index is 0.0917. The number of hydrogen-bond acceptors (Lipinski definition) is 4. The minimum atomic E-state index is -0.336. The lowest BCUT2D eigenvalue weighted by Gasteiger charge is -2.19. The summed E-state index contributed by atoms with van der Waals surface area (Å²) in [4.78, 5) is 40.0. The third kappa shape index (κ3) is 5.23. The first kappa shape index (κ1) is 21.8. The number of H-pyrrole nitrogens is 2. The van der Waals surface area contributed by atoms with E-state index in [1.54, 1.807) is 12.1 Å². The fourth-order valence-electron chi connectivity index (χ4n) is 3.57. The maximum absolute atomic E-state index is 12.9. The minimum Gasteiger partial charge on any atom is -0.349 e. The molecule has 0 unspecified atom stereocenters. The van der Waals surface area contributed by atoms with Gasteiger partial charge in [0.1, 0.15) is 11.6 Å². The van der Waals surface area contributed by atoms with E-state index in [0.717, 1.165) is 16.6 Å². The molecular formula is C24H24ClN5O2. The van der Waals surface area contributed by atoms with Gasteiger partial charge in [-0.15, -0.1) is 0 Å². The van der Waals surface area contributed by atoms with Crippen LogP contribution < -0.4 is 10.9 Å². The molecule has 0 fully saturated rings. The van der Waals surface area contributed by atoms with E-state index in [1.165, 1.54) is 6.07 Å². The van der Waals surface area contributed by atoms with Crippen LogP contribution >= 0.6 is 11.6 Å². The van der Waals surface area contributed by atoms with Crippen LogP contribution in [0.2, 0.25) is 5.02 Å². The van der Waals surface area contributed by atoms with Gasteiger partial charge in [-0.2, -0.15) is 0 Å². The molecule has 0 aliphatic heterocycles. The molecule has 1 atom stereocenters. The van der Waals surface area contributed by atoms with Crippen molar-refractivity contribution in [1.29, 1.82) is 0 Å². The lowest BCUT2D eigenvalue weighted by Crippen LogP contribution is -2.32. The highest BCUT2D eigenvalue weighted by molar-refractivity contribution is 6.31. The summed E-state index contributed by atoms with van der Waals surface area (Å²) in [6.07, 6.45) is 0.491. The average Bonchev–Trinajstić information content (AvgIpc) is 3.14. The number of rotatable bonds is 7. The van der Waals surface area contributed by atoms with E-state index in [-0.39, 0.29) is 29.8 Å². The van der Waals surface area contributed by atoms with Gasteiger partial charge in [0.25, 0.3) is 5.56 Å². The number of imidazole rings is 1. The summed E-state index contributed by atoms with van der Waals surface area (Å²) in [6, 6.07) is 16.2. The standard InChI is InChI=1S/C24H24ClN5O2/c1-14(2)24-26-17(12-22(31)30-24)11-19(15-6-4-3-5-7-15)29-23(32)13-21-27-18-9-8-16(25)10-20(18)28-21/h3-10,12,14,19H,11,13H2,1-2H3,(H,27,28)(H,29,32)(H,26,30,31)/t19-/m1/s1. The highest BCUT2D eigenvalue weighted by Gasteiger charge is 2.18. The number of fused-ring (bicyclic) bond motifs is 1. The van der Waals surface area contributed by atoms with Crippen LogP contribution in [0.1, 0.15) is 48.7 Å². The first-order chi connectivity index (χ1) is 15.4. The maximum Gasteiger partial charge on any atom is 0.251 e. The van der Waals surface area contributed by atoms with E-state index in [1.807, 2.05) is 50.2 Å². The first-order valence-corrected chi connectivity index (χ1v) is 10.8. The van der Waals surface area contributed by atoms with Crippen molar-refractivity contribution in [3.63, 3.8) is 0 Å². The van der Waals surface area contributed by atoms with Crippen LogP contribution in [0.15, 0.2) is 59.4 Å². The summed E-state index contributed by atoms with van der Waals surface area (Å²) in [5.74, 6) is 1.10. The summed E-state index contributed by atoms with van der Waals surface area (Å²) in [6.45, 7) is 3.94. The summed E-state index contributed by atoms with van der Waals surface area (Å²) < 4.78 is 0. The molecule has 0 spiro atoms. The predicted molar refractivity (Wildman–Crippen MR) is 125 cm³/mol. The van der Waals surface area contributed by atoms with Gasteiger partial charge in [0.2, 0.25) is 5.91 Å². The van der Waals surface area contributed by atoms with Crippen molar-refractivity contribution in [2.75, 3.05) is 0 Å². The third-order valence-electron chi connectivity index (χ3n) is 5.13. The van der Waals surface area contributed by atoms with Crippen molar-refractivity contribution in [3.8, 4) is 0 Å². The fourth-order valence-corrected chi connectivity index (χ4v) is 3.74. The monoisotopic (exact) mass is 449 g/mol. The largest absolute Gasteiger partial charge is 0.349 e. The smallest absolute Gasteiger partial charge is 0.251 e. The summed E-state index contributed by atoms with van der Waals surface area (Å²) in [5, 5.41) is 3.68. The highest BCUT2D eigenvalue weighted by Crippen LogP contribution is 2.20. The molecule has 0 aliphatic rings. The number of aromatic amines is 2. The maximum atomic E-state index is 12.9. The number of amides is 1. The van der Waals surface area contributed by atoms with Gasteiger partial charge in [0, 0.05) is 23.4 Å². The molecule has 2 aromatic carbocycles. The van der Waals surface area contributed by atoms with Crippen molar-refractivity contribution in [2.24, 2.45) is 0 Å². The topological polar surface area (TPSA) is 104 Å². The number of hydrogen-bond donors (Lipinski definition) is 3. The number of aromatic nitrogens is 4. The van der Waals surface area contributed by atoms with Gasteiger partial charge in [-0.25, -0.2) is 9.97 Å². The summed E-state index contributed by atoms with van der Waals surface area (Å²) in [7, 11) is 0. The number of carbonyl (C=O) groups excluding carboxylic acids is 1. The van der Waals surface area contributed by atoms with Gasteiger partial charge in [0.05, 0.1) is 29.2 Å². The van der Waals surface area contributed by atoms with Gasteiger partial charge >= 0.3 is 0 Å². The Hall–Kier alpha value is -3.45. The summed E-state index contributed by atoms with van der Waals surface area (Å²) >= 11 is 6.03. The van der Waals surface area contributed by atoms with Crippen LogP contribution in [0.5, 0.6) is 0 Å². The lowest BCUT2D eigenvalue weighted by molar-refractivity contribution is -0.121. The SMILES string of the molecule is CC(C)c1nc(C[C@@H](NC(=O)Cc2nc3ccc(Cl)cc3[nH]2)c2ccccc2)cc(=O)[nH]1. The Kier molecular flexibility index (Phi) is 6.37. The zero-order valence-corrected chi connectivity index (χ0v) is 18.6. The molecule has 0 radical (unpaired) electrons. The number of nitrogens with zero attached hydrogens (tertiary/aromatic N) is 2. The van der Waals surface area contributed by atoms with Crippen LogP contribution in [0.25, 0.3) is 11.0 Å². The Balaban J connectivity index is 1.55. The Morgan fingerprint density at radius 1 is 1.06 bits per heavy atom. The van der Waals surface area contributed by atoms with Crippen LogP contribution in [0, 0.1) is 0 Å². The van der Waals surface area contributed by atoms with Crippen molar-refractivity contribution in [3.05, 3.63) is 92.9 Å². The highest BCUT2D eigenvalue weighted by atomic mass is 35.5. The number of benzene rings is 2. The third-order valence-corrected chi connectivity index (χ3v) is 5.37. The predicted octanol–water partition coefficient (Wildman–Crippen LogP) is 4.07. The van der Waals surface area contributed by atoms with E-state index >= 15 is 0 Å². The van der Waals surface area contributed by atoms with Crippen molar-refractivity contribution < 1.29 is 4.79 Å². The quantitative estimate of drug-likeness (QED) is 0.395. The van der Waals surface area contributed by atoms with Crippen LogP contribution in [-0.2, 0) is 17.6 Å². The number of nitrogens with one attached hydrogen (secondary N) is 3. The molecule has 1 amide bonds. The second kappa shape index (κ2) is 9.36. The molecule has 3 N–H and O–H groups in total. The molecule has 7 nitrogen and oxygen atoms in total. The Labute approximate surface area is 190 Å². The molecule has 2 aromatic heterocycles. The molecule has 0 saturated heterocycles.